The highest BCUT2D eigenvalue weighted by atomic mass is 32.2. The predicted molar refractivity (Wildman–Crippen MR) is 119 cm³/mol. The molecule has 8 nitrogen and oxygen atoms in total. The van der Waals surface area contributed by atoms with Gasteiger partial charge in [0, 0.05) is 5.56 Å². The number of anilines is 1. The van der Waals surface area contributed by atoms with Gasteiger partial charge >= 0.3 is 5.97 Å². The third-order valence-corrected chi connectivity index (χ3v) is 5.61. The van der Waals surface area contributed by atoms with Gasteiger partial charge in [-0.15, -0.1) is 0 Å². The van der Waals surface area contributed by atoms with Crippen molar-refractivity contribution in [3.8, 4) is 11.5 Å². The Labute approximate surface area is 186 Å². The molecule has 0 fully saturated rings. The first-order chi connectivity index (χ1) is 15.4. The molecule has 3 aromatic carbocycles. The van der Waals surface area contributed by atoms with Crippen molar-refractivity contribution in [2.75, 3.05) is 17.9 Å². The lowest BCUT2D eigenvalue weighted by atomic mass is 10.2. The van der Waals surface area contributed by atoms with E-state index in [1.54, 1.807) is 43.3 Å². The van der Waals surface area contributed by atoms with Gasteiger partial charge in [-0.1, -0.05) is 30.3 Å². The lowest BCUT2D eigenvalue weighted by Crippen LogP contribution is -2.30. The van der Waals surface area contributed by atoms with Crippen LogP contribution in [0.25, 0.3) is 0 Å². The minimum Gasteiger partial charge on any atom is -0.465 e. The summed E-state index contributed by atoms with van der Waals surface area (Å²) in [4.78, 5) is 23.4. The molecule has 0 heterocycles. The van der Waals surface area contributed by atoms with E-state index in [0.717, 1.165) is 0 Å². The molecule has 3 rings (SSSR count). The number of ether oxygens (including phenoxy) is 2. The highest BCUT2D eigenvalue weighted by Gasteiger charge is 2.18. The molecule has 2 N–H and O–H groups in total. The summed E-state index contributed by atoms with van der Waals surface area (Å²) in [5, 5.41) is 2.42. The standard InChI is InChI=1S/C23H22N2O6S/c1-2-30-22(26)16-24-23(27)17-12-14-19(15-13-17)32(28,29)25-20-10-6-7-11-21(20)31-18-8-4-3-5-9-18/h3-15,25H,2,16H2,1H3,(H,24,27). The molecule has 166 valence electrons. The van der Waals surface area contributed by atoms with E-state index < -0.39 is 21.9 Å². The van der Waals surface area contributed by atoms with Crippen molar-refractivity contribution < 1.29 is 27.5 Å². The number of rotatable bonds is 9. The summed E-state index contributed by atoms with van der Waals surface area (Å²) in [5.74, 6) is -0.160. The quantitative estimate of drug-likeness (QED) is 0.478. The van der Waals surface area contributed by atoms with Crippen LogP contribution in [-0.2, 0) is 19.6 Å². The fourth-order valence-corrected chi connectivity index (χ4v) is 3.78. The third kappa shape index (κ3) is 6.08. The monoisotopic (exact) mass is 454 g/mol. The number of amides is 1. The van der Waals surface area contributed by atoms with Gasteiger partial charge in [-0.2, -0.15) is 0 Å². The predicted octanol–water partition coefficient (Wildman–Crippen LogP) is 3.57. The Hall–Kier alpha value is -3.85. The van der Waals surface area contributed by atoms with Crippen LogP contribution in [0.4, 0.5) is 5.69 Å². The van der Waals surface area contributed by atoms with E-state index in [1.165, 1.54) is 24.3 Å². The molecule has 0 aromatic heterocycles. The average molecular weight is 455 g/mol. The van der Waals surface area contributed by atoms with Crippen molar-refractivity contribution in [1.82, 2.24) is 5.32 Å². The molecular weight excluding hydrogens is 432 g/mol. The number of hydrogen-bond donors (Lipinski definition) is 2. The number of nitrogens with one attached hydrogen (secondary N) is 2. The van der Waals surface area contributed by atoms with Crippen molar-refractivity contribution in [3.63, 3.8) is 0 Å². The normalized spacial score (nSPS) is 10.8. The second-order valence-electron chi connectivity index (χ2n) is 6.53. The summed E-state index contributed by atoms with van der Waals surface area (Å²) in [6.45, 7) is 1.61. The van der Waals surface area contributed by atoms with Gasteiger partial charge in [-0.25, -0.2) is 8.42 Å². The fraction of sp³-hybridized carbons (Fsp3) is 0.130. The molecule has 3 aromatic rings. The first-order valence-corrected chi connectivity index (χ1v) is 11.3. The molecule has 0 aliphatic heterocycles. The second kappa shape index (κ2) is 10.5. The Morgan fingerprint density at radius 1 is 0.875 bits per heavy atom. The Bertz CT molecular complexity index is 1180. The number of esters is 1. The first kappa shape index (κ1) is 22.8. The smallest absolute Gasteiger partial charge is 0.325 e. The summed E-state index contributed by atoms with van der Waals surface area (Å²) in [5.41, 5.74) is 0.480. The van der Waals surface area contributed by atoms with Gasteiger partial charge in [0.2, 0.25) is 0 Å². The van der Waals surface area contributed by atoms with Gasteiger partial charge in [-0.3, -0.25) is 14.3 Å². The fourth-order valence-electron chi connectivity index (χ4n) is 2.71. The Morgan fingerprint density at radius 3 is 2.22 bits per heavy atom. The zero-order valence-corrected chi connectivity index (χ0v) is 18.1. The highest BCUT2D eigenvalue weighted by molar-refractivity contribution is 7.92. The minimum absolute atomic E-state index is 0.0334. The molecule has 0 aliphatic carbocycles. The topological polar surface area (TPSA) is 111 Å². The van der Waals surface area contributed by atoms with Crippen molar-refractivity contribution in [3.05, 3.63) is 84.4 Å². The largest absolute Gasteiger partial charge is 0.465 e. The molecule has 9 heteroatoms. The van der Waals surface area contributed by atoms with Crippen LogP contribution in [-0.4, -0.2) is 33.4 Å². The van der Waals surface area contributed by atoms with Crippen LogP contribution in [0.1, 0.15) is 17.3 Å². The number of carbonyl (C=O) groups is 2. The van der Waals surface area contributed by atoms with Gasteiger partial charge < -0.3 is 14.8 Å². The van der Waals surface area contributed by atoms with Gasteiger partial charge in [0.05, 0.1) is 17.2 Å². The molecule has 32 heavy (non-hydrogen) atoms. The maximum atomic E-state index is 12.8. The van der Waals surface area contributed by atoms with Crippen LogP contribution in [0.2, 0.25) is 0 Å². The average Bonchev–Trinajstić information content (AvgIpc) is 2.79. The number of sulfonamides is 1. The Balaban J connectivity index is 1.71. The maximum absolute atomic E-state index is 12.8. The zero-order chi connectivity index (χ0) is 23.0. The number of benzene rings is 3. The molecular formula is C23H22N2O6S. The molecule has 0 unspecified atom stereocenters. The SMILES string of the molecule is CCOC(=O)CNC(=O)c1ccc(S(=O)(=O)Nc2ccccc2Oc2ccccc2)cc1. The Kier molecular flexibility index (Phi) is 7.45. The summed E-state index contributed by atoms with van der Waals surface area (Å²) < 4.78 is 38.7. The van der Waals surface area contributed by atoms with E-state index in [1.807, 2.05) is 18.2 Å². The molecule has 0 spiro atoms. The zero-order valence-electron chi connectivity index (χ0n) is 17.3. The van der Waals surface area contributed by atoms with E-state index >= 15 is 0 Å². The van der Waals surface area contributed by atoms with Crippen LogP contribution >= 0.6 is 0 Å². The van der Waals surface area contributed by atoms with Crippen molar-refractivity contribution >= 4 is 27.6 Å². The number of carbonyl (C=O) groups excluding carboxylic acids is 2. The molecule has 0 aliphatic rings. The van der Waals surface area contributed by atoms with Crippen LogP contribution in [0.3, 0.4) is 0 Å². The highest BCUT2D eigenvalue weighted by Crippen LogP contribution is 2.30. The lowest BCUT2D eigenvalue weighted by Gasteiger charge is -2.13. The van der Waals surface area contributed by atoms with E-state index in [9.17, 15) is 18.0 Å². The van der Waals surface area contributed by atoms with E-state index in [2.05, 4.69) is 10.0 Å². The van der Waals surface area contributed by atoms with Crippen LogP contribution < -0.4 is 14.8 Å². The summed E-state index contributed by atoms with van der Waals surface area (Å²) in [6, 6.07) is 21.0. The third-order valence-electron chi connectivity index (χ3n) is 4.23. The van der Waals surface area contributed by atoms with Crippen molar-refractivity contribution in [1.29, 1.82) is 0 Å². The molecule has 1 amide bonds. The second-order valence-corrected chi connectivity index (χ2v) is 8.21. The molecule has 0 bridgehead atoms. The first-order valence-electron chi connectivity index (χ1n) is 9.77. The van der Waals surface area contributed by atoms with E-state index in [0.29, 0.717) is 11.5 Å². The van der Waals surface area contributed by atoms with E-state index in [-0.39, 0.29) is 29.3 Å². The summed E-state index contributed by atoms with van der Waals surface area (Å²) >= 11 is 0. The molecule has 0 saturated carbocycles. The van der Waals surface area contributed by atoms with Crippen LogP contribution in [0.15, 0.2) is 83.8 Å². The van der Waals surface area contributed by atoms with Gasteiger partial charge in [-0.05, 0) is 55.5 Å². The van der Waals surface area contributed by atoms with Crippen LogP contribution in [0.5, 0.6) is 11.5 Å². The van der Waals surface area contributed by atoms with Gasteiger partial charge in [0.1, 0.15) is 12.3 Å². The lowest BCUT2D eigenvalue weighted by molar-refractivity contribution is -0.141. The molecule has 0 atom stereocenters. The molecule has 0 radical (unpaired) electrons. The number of hydrogen-bond acceptors (Lipinski definition) is 6. The Morgan fingerprint density at radius 2 is 1.53 bits per heavy atom. The number of para-hydroxylation sites is 3. The summed E-state index contributed by atoms with van der Waals surface area (Å²) in [7, 11) is -3.94. The van der Waals surface area contributed by atoms with E-state index in [4.69, 9.17) is 9.47 Å². The summed E-state index contributed by atoms with van der Waals surface area (Å²) in [6.07, 6.45) is 0. The van der Waals surface area contributed by atoms with Crippen LogP contribution in [0, 0.1) is 0 Å². The van der Waals surface area contributed by atoms with Gasteiger partial charge in [0.15, 0.2) is 5.75 Å². The van der Waals surface area contributed by atoms with Crippen molar-refractivity contribution in [2.45, 2.75) is 11.8 Å². The minimum atomic E-state index is -3.94. The van der Waals surface area contributed by atoms with Gasteiger partial charge in [0.25, 0.3) is 15.9 Å². The molecule has 0 saturated heterocycles. The maximum Gasteiger partial charge on any atom is 0.325 e. The van der Waals surface area contributed by atoms with Crippen molar-refractivity contribution in [2.24, 2.45) is 0 Å².